The lowest BCUT2D eigenvalue weighted by Gasteiger charge is -2.07. The van der Waals surface area contributed by atoms with Crippen LogP contribution in [0.15, 0.2) is 24.3 Å². The van der Waals surface area contributed by atoms with Crippen LogP contribution >= 0.6 is 0 Å². The molecule has 0 aliphatic heterocycles. The first kappa shape index (κ1) is 13.3. The standard InChI is InChI=1S/C13H17NO3/c1-14-8-4-5-10-6-7-11(13(15)17-3)12(9-10)16-2/h4-7,9,14H,8H2,1-3H3. The van der Waals surface area contributed by atoms with E-state index in [1.165, 1.54) is 14.2 Å². The first-order chi connectivity index (χ1) is 8.22. The molecule has 0 amide bonds. The molecule has 4 nitrogen and oxygen atoms in total. The molecule has 4 heteroatoms. The average Bonchev–Trinajstić information content (AvgIpc) is 2.38. The molecular weight excluding hydrogens is 218 g/mol. The number of benzene rings is 1. The van der Waals surface area contributed by atoms with Crippen molar-refractivity contribution >= 4 is 12.0 Å². The monoisotopic (exact) mass is 235 g/mol. The van der Waals surface area contributed by atoms with E-state index in [4.69, 9.17) is 4.74 Å². The van der Waals surface area contributed by atoms with E-state index in [1.807, 2.05) is 25.3 Å². The number of esters is 1. The summed E-state index contributed by atoms with van der Waals surface area (Å²) < 4.78 is 9.84. The highest BCUT2D eigenvalue weighted by molar-refractivity contribution is 5.92. The van der Waals surface area contributed by atoms with Crippen molar-refractivity contribution in [2.24, 2.45) is 0 Å². The van der Waals surface area contributed by atoms with Crippen LogP contribution in [-0.2, 0) is 4.74 Å². The summed E-state index contributed by atoms with van der Waals surface area (Å²) in [6.45, 7) is 0.793. The van der Waals surface area contributed by atoms with Crippen LogP contribution in [0.3, 0.4) is 0 Å². The molecule has 0 radical (unpaired) electrons. The van der Waals surface area contributed by atoms with Gasteiger partial charge in [0.25, 0.3) is 0 Å². The number of carbonyl (C=O) groups excluding carboxylic acids is 1. The Kier molecular flexibility index (Phi) is 5.23. The Hall–Kier alpha value is -1.81. The van der Waals surface area contributed by atoms with E-state index in [2.05, 4.69) is 10.1 Å². The van der Waals surface area contributed by atoms with Crippen LogP contribution in [0, 0.1) is 0 Å². The number of carbonyl (C=O) groups is 1. The van der Waals surface area contributed by atoms with Gasteiger partial charge in [0.15, 0.2) is 0 Å². The molecule has 1 N–H and O–H groups in total. The SMILES string of the molecule is CNCC=Cc1ccc(C(=O)OC)c(OC)c1. The summed E-state index contributed by atoms with van der Waals surface area (Å²) in [5, 5.41) is 3.01. The van der Waals surface area contributed by atoms with Gasteiger partial charge in [-0.15, -0.1) is 0 Å². The van der Waals surface area contributed by atoms with E-state index in [-0.39, 0.29) is 0 Å². The number of hydrogen-bond acceptors (Lipinski definition) is 4. The van der Waals surface area contributed by atoms with Gasteiger partial charge in [-0.3, -0.25) is 0 Å². The van der Waals surface area contributed by atoms with Crippen molar-refractivity contribution in [3.63, 3.8) is 0 Å². The summed E-state index contributed by atoms with van der Waals surface area (Å²) >= 11 is 0. The van der Waals surface area contributed by atoms with Crippen molar-refractivity contribution in [3.05, 3.63) is 35.4 Å². The van der Waals surface area contributed by atoms with Gasteiger partial charge in [0.1, 0.15) is 11.3 Å². The predicted octanol–water partition coefficient (Wildman–Crippen LogP) is 1.71. The number of methoxy groups -OCH3 is 2. The highest BCUT2D eigenvalue weighted by Crippen LogP contribution is 2.21. The zero-order chi connectivity index (χ0) is 12.7. The highest BCUT2D eigenvalue weighted by Gasteiger charge is 2.12. The average molecular weight is 235 g/mol. The maximum Gasteiger partial charge on any atom is 0.341 e. The normalized spacial score (nSPS) is 10.5. The molecule has 0 aliphatic carbocycles. The molecule has 0 saturated heterocycles. The third-order valence-corrected chi connectivity index (χ3v) is 2.26. The maximum atomic E-state index is 11.4. The Morgan fingerprint density at radius 1 is 1.41 bits per heavy atom. The molecule has 0 aromatic heterocycles. The van der Waals surface area contributed by atoms with Gasteiger partial charge in [-0.1, -0.05) is 18.2 Å². The van der Waals surface area contributed by atoms with Crippen LogP contribution in [-0.4, -0.2) is 33.8 Å². The minimum Gasteiger partial charge on any atom is -0.496 e. The van der Waals surface area contributed by atoms with Crippen LogP contribution in [0.25, 0.3) is 6.08 Å². The Morgan fingerprint density at radius 2 is 2.18 bits per heavy atom. The second-order valence-corrected chi connectivity index (χ2v) is 3.41. The molecule has 0 aliphatic rings. The number of hydrogen-bond donors (Lipinski definition) is 1. The smallest absolute Gasteiger partial charge is 0.341 e. The van der Waals surface area contributed by atoms with Crippen molar-refractivity contribution in [2.75, 3.05) is 27.8 Å². The summed E-state index contributed by atoms with van der Waals surface area (Å²) in [6.07, 6.45) is 3.95. The zero-order valence-electron chi connectivity index (χ0n) is 10.3. The van der Waals surface area contributed by atoms with Crippen molar-refractivity contribution in [1.82, 2.24) is 5.32 Å². The molecule has 1 aromatic rings. The Bertz CT molecular complexity index is 413. The van der Waals surface area contributed by atoms with Crippen LogP contribution in [0.4, 0.5) is 0 Å². The summed E-state index contributed by atoms with van der Waals surface area (Å²) in [5.41, 5.74) is 1.41. The molecule has 0 fully saturated rings. The molecular formula is C13H17NO3. The van der Waals surface area contributed by atoms with Crippen LogP contribution in [0.5, 0.6) is 5.75 Å². The van der Waals surface area contributed by atoms with Gasteiger partial charge >= 0.3 is 5.97 Å². The van der Waals surface area contributed by atoms with Crippen LogP contribution < -0.4 is 10.1 Å². The summed E-state index contributed by atoms with van der Waals surface area (Å²) in [7, 11) is 4.76. The quantitative estimate of drug-likeness (QED) is 0.789. The Labute approximate surface area is 101 Å². The van der Waals surface area contributed by atoms with E-state index in [0.29, 0.717) is 11.3 Å². The fraction of sp³-hybridized carbons (Fsp3) is 0.308. The van der Waals surface area contributed by atoms with Crippen molar-refractivity contribution in [3.8, 4) is 5.75 Å². The Morgan fingerprint density at radius 3 is 2.76 bits per heavy atom. The molecule has 0 bridgehead atoms. The van der Waals surface area contributed by atoms with E-state index in [0.717, 1.165) is 12.1 Å². The van der Waals surface area contributed by atoms with Gasteiger partial charge in [0.05, 0.1) is 14.2 Å². The zero-order valence-corrected chi connectivity index (χ0v) is 10.3. The lowest BCUT2D eigenvalue weighted by molar-refractivity contribution is 0.0597. The third kappa shape index (κ3) is 3.60. The number of likely N-dealkylation sites (N-methyl/N-ethyl adjacent to an activating group) is 1. The second-order valence-electron chi connectivity index (χ2n) is 3.41. The largest absolute Gasteiger partial charge is 0.496 e. The Balaban J connectivity index is 2.96. The molecule has 0 saturated carbocycles. The summed E-state index contributed by atoms with van der Waals surface area (Å²) in [6, 6.07) is 5.35. The molecule has 0 atom stereocenters. The summed E-state index contributed by atoms with van der Waals surface area (Å²) in [4.78, 5) is 11.4. The lowest BCUT2D eigenvalue weighted by Crippen LogP contribution is -2.04. The van der Waals surface area contributed by atoms with E-state index in [9.17, 15) is 4.79 Å². The first-order valence-electron chi connectivity index (χ1n) is 5.30. The first-order valence-corrected chi connectivity index (χ1v) is 5.30. The van der Waals surface area contributed by atoms with Gasteiger partial charge in [-0.25, -0.2) is 4.79 Å². The van der Waals surface area contributed by atoms with E-state index >= 15 is 0 Å². The third-order valence-electron chi connectivity index (χ3n) is 2.26. The van der Waals surface area contributed by atoms with E-state index in [1.54, 1.807) is 12.1 Å². The highest BCUT2D eigenvalue weighted by atomic mass is 16.5. The number of nitrogens with one attached hydrogen (secondary N) is 1. The van der Waals surface area contributed by atoms with Gasteiger partial charge < -0.3 is 14.8 Å². The fourth-order valence-electron chi connectivity index (χ4n) is 1.40. The maximum absolute atomic E-state index is 11.4. The molecule has 0 heterocycles. The van der Waals surface area contributed by atoms with Crippen molar-refractivity contribution in [2.45, 2.75) is 0 Å². The molecule has 1 aromatic carbocycles. The van der Waals surface area contributed by atoms with Gasteiger partial charge in [-0.2, -0.15) is 0 Å². The minimum absolute atomic E-state index is 0.396. The second kappa shape index (κ2) is 6.70. The van der Waals surface area contributed by atoms with Crippen LogP contribution in [0.1, 0.15) is 15.9 Å². The molecule has 17 heavy (non-hydrogen) atoms. The van der Waals surface area contributed by atoms with Gasteiger partial charge in [0, 0.05) is 6.54 Å². The number of rotatable bonds is 5. The minimum atomic E-state index is -0.396. The number of ether oxygens (including phenoxy) is 2. The molecule has 0 unspecified atom stereocenters. The summed E-state index contributed by atoms with van der Waals surface area (Å²) in [5.74, 6) is 0.121. The van der Waals surface area contributed by atoms with E-state index < -0.39 is 5.97 Å². The van der Waals surface area contributed by atoms with Crippen molar-refractivity contribution < 1.29 is 14.3 Å². The topological polar surface area (TPSA) is 47.6 Å². The lowest BCUT2D eigenvalue weighted by atomic mass is 10.1. The molecule has 0 spiro atoms. The van der Waals surface area contributed by atoms with Gasteiger partial charge in [0.2, 0.25) is 0 Å². The fourth-order valence-corrected chi connectivity index (χ4v) is 1.40. The molecule has 92 valence electrons. The predicted molar refractivity (Wildman–Crippen MR) is 67.3 cm³/mol. The van der Waals surface area contributed by atoms with Crippen molar-refractivity contribution in [1.29, 1.82) is 0 Å². The molecule has 1 rings (SSSR count). The van der Waals surface area contributed by atoms with Crippen LogP contribution in [0.2, 0.25) is 0 Å². The van der Waals surface area contributed by atoms with Gasteiger partial charge in [-0.05, 0) is 24.7 Å².